The van der Waals surface area contributed by atoms with Gasteiger partial charge in [0.25, 0.3) is 0 Å². The Balaban J connectivity index is 1.73. The van der Waals surface area contributed by atoms with Crippen LogP contribution >= 0.6 is 27.7 Å². The number of nitrogens with two attached hydrogens (primary N) is 1. The van der Waals surface area contributed by atoms with Gasteiger partial charge in [-0.3, -0.25) is 0 Å². The van der Waals surface area contributed by atoms with Gasteiger partial charge in [-0.1, -0.05) is 6.07 Å². The molecule has 0 aliphatic rings. The molecule has 0 fully saturated rings. The molecule has 0 aromatic heterocycles. The molecule has 0 bridgehead atoms. The van der Waals surface area contributed by atoms with E-state index in [0.717, 1.165) is 34.7 Å². The average molecular weight is 366 g/mol. The fraction of sp³-hybridized carbons (Fsp3) is 0.294. The molecular weight excluding hydrogens is 346 g/mol. The molecule has 21 heavy (non-hydrogen) atoms. The molecule has 0 spiro atoms. The summed E-state index contributed by atoms with van der Waals surface area (Å²) in [6, 6.07) is 12.1. The molecule has 2 aromatic rings. The molecular formula is C17H20BrNOS. The summed E-state index contributed by atoms with van der Waals surface area (Å²) in [4.78, 5) is 1.22. The van der Waals surface area contributed by atoms with E-state index < -0.39 is 0 Å². The normalized spacial score (nSPS) is 10.6. The fourth-order valence-corrected chi connectivity index (χ4v) is 3.45. The first kappa shape index (κ1) is 16.2. The van der Waals surface area contributed by atoms with Gasteiger partial charge < -0.3 is 10.5 Å². The van der Waals surface area contributed by atoms with Crippen molar-refractivity contribution in [1.82, 2.24) is 0 Å². The van der Waals surface area contributed by atoms with Crippen molar-refractivity contribution in [3.63, 3.8) is 0 Å². The zero-order valence-corrected chi connectivity index (χ0v) is 14.8. The van der Waals surface area contributed by atoms with Crippen molar-refractivity contribution in [1.29, 1.82) is 0 Å². The van der Waals surface area contributed by atoms with Crippen LogP contribution in [0.3, 0.4) is 0 Å². The van der Waals surface area contributed by atoms with Gasteiger partial charge >= 0.3 is 0 Å². The Morgan fingerprint density at radius 2 is 1.90 bits per heavy atom. The van der Waals surface area contributed by atoms with Crippen LogP contribution in [0.15, 0.2) is 45.8 Å². The Labute approximate surface area is 139 Å². The maximum absolute atomic E-state index is 5.78. The van der Waals surface area contributed by atoms with Crippen molar-refractivity contribution in [2.75, 3.05) is 18.1 Å². The Morgan fingerprint density at radius 3 is 2.62 bits per heavy atom. The van der Waals surface area contributed by atoms with Gasteiger partial charge in [0.1, 0.15) is 5.75 Å². The van der Waals surface area contributed by atoms with E-state index in [1.807, 2.05) is 36.0 Å². The van der Waals surface area contributed by atoms with Crippen LogP contribution in [0.2, 0.25) is 0 Å². The van der Waals surface area contributed by atoms with E-state index in [4.69, 9.17) is 10.5 Å². The predicted octanol–water partition coefficient (Wildman–Crippen LogP) is 5.21. The summed E-state index contributed by atoms with van der Waals surface area (Å²) in [6.07, 6.45) is 1.01. The monoisotopic (exact) mass is 365 g/mol. The number of thioether (sulfide) groups is 1. The molecule has 2 rings (SSSR count). The SMILES string of the molecule is Cc1ccc(OCCCSc2ccc(N)cc2Br)cc1C. The highest BCUT2D eigenvalue weighted by molar-refractivity contribution is 9.10. The van der Waals surface area contributed by atoms with E-state index in [1.165, 1.54) is 16.0 Å². The van der Waals surface area contributed by atoms with Crippen molar-refractivity contribution in [3.8, 4) is 5.75 Å². The van der Waals surface area contributed by atoms with Crippen molar-refractivity contribution in [2.45, 2.75) is 25.2 Å². The third-order valence-electron chi connectivity index (χ3n) is 3.25. The van der Waals surface area contributed by atoms with E-state index in [2.05, 4.69) is 41.9 Å². The Hall–Kier alpha value is -1.13. The van der Waals surface area contributed by atoms with Crippen LogP contribution in [-0.4, -0.2) is 12.4 Å². The number of nitrogen functional groups attached to an aromatic ring is 1. The van der Waals surface area contributed by atoms with Crippen molar-refractivity contribution in [3.05, 3.63) is 52.0 Å². The predicted molar refractivity (Wildman–Crippen MR) is 95.3 cm³/mol. The lowest BCUT2D eigenvalue weighted by atomic mass is 10.1. The van der Waals surface area contributed by atoms with Crippen LogP contribution < -0.4 is 10.5 Å². The molecule has 0 unspecified atom stereocenters. The second kappa shape index (κ2) is 7.76. The quantitative estimate of drug-likeness (QED) is 0.433. The van der Waals surface area contributed by atoms with Gasteiger partial charge in [0.15, 0.2) is 0 Å². The van der Waals surface area contributed by atoms with Crippen LogP contribution in [0.25, 0.3) is 0 Å². The van der Waals surface area contributed by atoms with Gasteiger partial charge in [0, 0.05) is 20.8 Å². The third kappa shape index (κ3) is 4.97. The minimum atomic E-state index is 0.738. The lowest BCUT2D eigenvalue weighted by Crippen LogP contribution is -1.99. The lowest BCUT2D eigenvalue weighted by molar-refractivity contribution is 0.318. The zero-order chi connectivity index (χ0) is 15.2. The maximum Gasteiger partial charge on any atom is 0.119 e. The highest BCUT2D eigenvalue weighted by atomic mass is 79.9. The van der Waals surface area contributed by atoms with E-state index in [1.54, 1.807) is 0 Å². The maximum atomic E-state index is 5.78. The molecule has 112 valence electrons. The third-order valence-corrected chi connectivity index (χ3v) is 5.33. The van der Waals surface area contributed by atoms with Crippen molar-refractivity contribution < 1.29 is 4.74 Å². The molecule has 4 heteroatoms. The topological polar surface area (TPSA) is 35.2 Å². The number of benzene rings is 2. The van der Waals surface area contributed by atoms with E-state index >= 15 is 0 Å². The minimum Gasteiger partial charge on any atom is -0.494 e. The number of hydrogen-bond acceptors (Lipinski definition) is 3. The summed E-state index contributed by atoms with van der Waals surface area (Å²) in [6.45, 7) is 4.96. The van der Waals surface area contributed by atoms with Gasteiger partial charge in [-0.15, -0.1) is 11.8 Å². The highest BCUT2D eigenvalue weighted by Gasteiger charge is 2.02. The molecule has 2 nitrogen and oxygen atoms in total. The molecule has 0 amide bonds. The van der Waals surface area contributed by atoms with Gasteiger partial charge in [-0.05, 0) is 77.7 Å². The smallest absolute Gasteiger partial charge is 0.119 e. The number of hydrogen-bond donors (Lipinski definition) is 1. The molecule has 0 atom stereocenters. The number of halogens is 1. The standard InChI is InChI=1S/C17H20BrNOS/c1-12-4-6-15(10-13(12)2)20-8-3-9-21-17-7-5-14(19)11-16(17)18/h4-7,10-11H,3,8-9,19H2,1-2H3. The zero-order valence-electron chi connectivity index (χ0n) is 12.4. The molecule has 0 aliphatic heterocycles. The summed E-state index contributed by atoms with van der Waals surface area (Å²) in [5, 5.41) is 0. The van der Waals surface area contributed by atoms with Crippen LogP contribution in [0.5, 0.6) is 5.75 Å². The molecule has 0 aliphatic carbocycles. The highest BCUT2D eigenvalue weighted by Crippen LogP contribution is 2.29. The molecule has 2 N–H and O–H groups in total. The fourth-order valence-electron chi connectivity index (χ4n) is 1.87. The molecule has 0 heterocycles. The second-order valence-electron chi connectivity index (χ2n) is 4.99. The minimum absolute atomic E-state index is 0.738. The van der Waals surface area contributed by atoms with E-state index in [-0.39, 0.29) is 0 Å². The molecule has 0 saturated heterocycles. The summed E-state index contributed by atoms with van der Waals surface area (Å²) >= 11 is 5.35. The van der Waals surface area contributed by atoms with E-state index in [9.17, 15) is 0 Å². The molecule has 2 aromatic carbocycles. The Morgan fingerprint density at radius 1 is 1.10 bits per heavy atom. The largest absolute Gasteiger partial charge is 0.494 e. The van der Waals surface area contributed by atoms with Gasteiger partial charge in [-0.25, -0.2) is 0 Å². The van der Waals surface area contributed by atoms with Gasteiger partial charge in [0.2, 0.25) is 0 Å². The molecule has 0 radical (unpaired) electrons. The first-order chi connectivity index (χ1) is 10.1. The summed E-state index contributed by atoms with van der Waals surface area (Å²) < 4.78 is 6.84. The number of ether oxygens (including phenoxy) is 1. The summed E-state index contributed by atoms with van der Waals surface area (Å²) in [5.41, 5.74) is 9.08. The average Bonchev–Trinajstić information content (AvgIpc) is 2.44. The summed E-state index contributed by atoms with van der Waals surface area (Å²) in [7, 11) is 0. The summed E-state index contributed by atoms with van der Waals surface area (Å²) in [5.74, 6) is 1.98. The second-order valence-corrected chi connectivity index (χ2v) is 6.98. The van der Waals surface area contributed by atoms with Crippen LogP contribution in [0, 0.1) is 13.8 Å². The number of rotatable bonds is 6. The number of aryl methyl sites for hydroxylation is 2. The lowest BCUT2D eigenvalue weighted by Gasteiger charge is -2.09. The van der Waals surface area contributed by atoms with Crippen LogP contribution in [0.4, 0.5) is 5.69 Å². The van der Waals surface area contributed by atoms with Crippen molar-refractivity contribution >= 4 is 33.4 Å². The molecule has 0 saturated carbocycles. The first-order valence-corrected chi connectivity index (χ1v) is 8.72. The van der Waals surface area contributed by atoms with Crippen molar-refractivity contribution in [2.24, 2.45) is 0 Å². The van der Waals surface area contributed by atoms with Crippen LogP contribution in [0.1, 0.15) is 17.5 Å². The number of anilines is 1. The van der Waals surface area contributed by atoms with Crippen LogP contribution in [-0.2, 0) is 0 Å². The Kier molecular flexibility index (Phi) is 6.00. The van der Waals surface area contributed by atoms with Gasteiger partial charge in [0.05, 0.1) is 6.61 Å². The Bertz CT molecular complexity index is 616. The van der Waals surface area contributed by atoms with E-state index in [0.29, 0.717) is 0 Å². The first-order valence-electron chi connectivity index (χ1n) is 6.94. The van der Waals surface area contributed by atoms with Gasteiger partial charge in [-0.2, -0.15) is 0 Å².